The first-order valence-electron chi connectivity index (χ1n) is 5.86. The normalized spacial score (nSPS) is 26.1. The molecule has 1 fully saturated rings. The molecule has 1 aliphatic rings. The minimum absolute atomic E-state index is 0.0824. The van der Waals surface area contributed by atoms with E-state index in [1.807, 2.05) is 18.2 Å². The van der Waals surface area contributed by atoms with E-state index in [1.165, 1.54) is 6.42 Å². The lowest BCUT2D eigenvalue weighted by Gasteiger charge is -2.22. The summed E-state index contributed by atoms with van der Waals surface area (Å²) < 4.78 is 5.79. The summed E-state index contributed by atoms with van der Waals surface area (Å²) in [6.07, 6.45) is 4.74. The van der Waals surface area contributed by atoms with Crippen LogP contribution < -0.4 is 4.74 Å². The molecular weight excluding hydrogens is 224 g/mol. The van der Waals surface area contributed by atoms with E-state index >= 15 is 0 Å². The van der Waals surface area contributed by atoms with E-state index in [0.717, 1.165) is 31.4 Å². The number of hydrogen-bond donors (Lipinski definition) is 1. The Bertz CT molecular complexity index is 340. The van der Waals surface area contributed by atoms with Crippen LogP contribution in [-0.2, 0) is 0 Å². The Morgan fingerprint density at radius 2 is 2.00 bits per heavy atom. The van der Waals surface area contributed by atoms with Crippen LogP contribution in [0, 0.1) is 0 Å². The van der Waals surface area contributed by atoms with Gasteiger partial charge >= 0.3 is 0 Å². The van der Waals surface area contributed by atoms with Crippen molar-refractivity contribution in [1.29, 1.82) is 0 Å². The van der Waals surface area contributed by atoms with Crippen LogP contribution in [0.1, 0.15) is 32.1 Å². The molecule has 1 saturated carbocycles. The number of rotatable bonds is 2. The second-order valence-electron chi connectivity index (χ2n) is 4.32. The smallest absolute Gasteiger partial charge is 0.124 e. The molecule has 2 rings (SSSR count). The number of ether oxygens (including phenoxy) is 1. The van der Waals surface area contributed by atoms with Crippen LogP contribution in [0.2, 0.25) is 5.02 Å². The predicted octanol–water partition coefficient (Wildman–Crippen LogP) is 3.41. The molecule has 1 aliphatic carbocycles. The van der Waals surface area contributed by atoms with Crippen molar-refractivity contribution in [2.45, 2.75) is 44.3 Å². The van der Waals surface area contributed by atoms with Gasteiger partial charge in [0.2, 0.25) is 0 Å². The molecule has 2 unspecified atom stereocenters. The van der Waals surface area contributed by atoms with Gasteiger partial charge in [0.15, 0.2) is 0 Å². The van der Waals surface area contributed by atoms with Gasteiger partial charge in [0, 0.05) is 5.02 Å². The lowest BCUT2D eigenvalue weighted by atomic mass is 10.1. The molecule has 0 spiro atoms. The molecule has 1 aromatic rings. The Labute approximate surface area is 101 Å². The van der Waals surface area contributed by atoms with Gasteiger partial charge in [-0.25, -0.2) is 0 Å². The summed E-state index contributed by atoms with van der Waals surface area (Å²) in [7, 11) is 0. The fourth-order valence-corrected chi connectivity index (χ4v) is 2.29. The molecule has 1 aromatic carbocycles. The minimum atomic E-state index is -0.346. The molecule has 1 N–H and O–H groups in total. The largest absolute Gasteiger partial charge is 0.488 e. The van der Waals surface area contributed by atoms with Crippen LogP contribution >= 0.6 is 11.6 Å². The van der Waals surface area contributed by atoms with Crippen LogP contribution in [0.4, 0.5) is 0 Å². The molecule has 2 nitrogen and oxygen atoms in total. The molecule has 2 atom stereocenters. The average molecular weight is 241 g/mol. The summed E-state index contributed by atoms with van der Waals surface area (Å²) in [5.74, 6) is 0.749. The van der Waals surface area contributed by atoms with Crippen molar-refractivity contribution in [2.75, 3.05) is 0 Å². The monoisotopic (exact) mass is 240 g/mol. The van der Waals surface area contributed by atoms with Crippen molar-refractivity contribution in [3.63, 3.8) is 0 Å². The zero-order valence-corrected chi connectivity index (χ0v) is 9.99. The quantitative estimate of drug-likeness (QED) is 0.803. The molecule has 0 aliphatic heterocycles. The SMILES string of the molecule is OC1CCCCCC1Oc1cccc(Cl)c1. The Kier molecular flexibility index (Phi) is 4.08. The predicted molar refractivity (Wildman–Crippen MR) is 65.0 cm³/mol. The second-order valence-corrected chi connectivity index (χ2v) is 4.76. The molecule has 0 bridgehead atoms. The highest BCUT2D eigenvalue weighted by Crippen LogP contribution is 2.24. The van der Waals surface area contributed by atoms with Gasteiger partial charge in [0.05, 0.1) is 6.10 Å². The van der Waals surface area contributed by atoms with E-state index in [0.29, 0.717) is 5.02 Å². The summed E-state index contributed by atoms with van der Waals surface area (Å²) in [5, 5.41) is 10.6. The summed E-state index contributed by atoms with van der Waals surface area (Å²) in [6, 6.07) is 7.35. The Morgan fingerprint density at radius 1 is 1.19 bits per heavy atom. The standard InChI is InChI=1S/C13H17ClO2/c14-10-5-4-6-11(9-10)16-13-8-3-1-2-7-12(13)15/h4-6,9,12-13,15H,1-3,7-8H2. The third-order valence-corrected chi connectivity index (χ3v) is 3.24. The van der Waals surface area contributed by atoms with Crippen LogP contribution in [0.25, 0.3) is 0 Å². The van der Waals surface area contributed by atoms with Gasteiger partial charge in [0.25, 0.3) is 0 Å². The Morgan fingerprint density at radius 3 is 2.81 bits per heavy atom. The molecule has 0 aromatic heterocycles. The third-order valence-electron chi connectivity index (χ3n) is 3.00. The van der Waals surface area contributed by atoms with Crippen molar-refractivity contribution >= 4 is 11.6 Å². The van der Waals surface area contributed by atoms with E-state index in [4.69, 9.17) is 16.3 Å². The van der Waals surface area contributed by atoms with Gasteiger partial charge < -0.3 is 9.84 Å². The molecule has 0 saturated heterocycles. The molecular formula is C13H17ClO2. The Hall–Kier alpha value is -0.730. The topological polar surface area (TPSA) is 29.5 Å². The number of benzene rings is 1. The highest BCUT2D eigenvalue weighted by molar-refractivity contribution is 6.30. The zero-order chi connectivity index (χ0) is 11.4. The fourth-order valence-electron chi connectivity index (χ4n) is 2.11. The fraction of sp³-hybridized carbons (Fsp3) is 0.538. The van der Waals surface area contributed by atoms with Crippen molar-refractivity contribution in [3.8, 4) is 5.75 Å². The van der Waals surface area contributed by atoms with E-state index < -0.39 is 0 Å². The van der Waals surface area contributed by atoms with Crippen molar-refractivity contribution in [1.82, 2.24) is 0 Å². The second kappa shape index (κ2) is 5.55. The summed E-state index contributed by atoms with van der Waals surface area (Å²) in [6.45, 7) is 0. The minimum Gasteiger partial charge on any atom is -0.488 e. The van der Waals surface area contributed by atoms with Crippen LogP contribution in [-0.4, -0.2) is 17.3 Å². The lowest BCUT2D eigenvalue weighted by Crippen LogP contribution is -2.30. The maximum atomic E-state index is 9.92. The Balaban J connectivity index is 2.02. The molecule has 88 valence electrons. The highest BCUT2D eigenvalue weighted by atomic mass is 35.5. The summed E-state index contributed by atoms with van der Waals surface area (Å²) in [4.78, 5) is 0. The van der Waals surface area contributed by atoms with E-state index in [1.54, 1.807) is 6.07 Å². The molecule has 0 amide bonds. The first-order valence-corrected chi connectivity index (χ1v) is 6.24. The van der Waals surface area contributed by atoms with Crippen LogP contribution in [0.3, 0.4) is 0 Å². The number of halogens is 1. The average Bonchev–Trinajstić information content (AvgIpc) is 2.45. The van der Waals surface area contributed by atoms with Gasteiger partial charge in [-0.05, 0) is 37.5 Å². The van der Waals surface area contributed by atoms with Crippen molar-refractivity contribution in [3.05, 3.63) is 29.3 Å². The maximum Gasteiger partial charge on any atom is 0.124 e. The third kappa shape index (κ3) is 3.13. The van der Waals surface area contributed by atoms with Crippen LogP contribution in [0.5, 0.6) is 5.75 Å². The lowest BCUT2D eigenvalue weighted by molar-refractivity contribution is 0.0320. The van der Waals surface area contributed by atoms with Gasteiger partial charge in [-0.1, -0.05) is 30.5 Å². The van der Waals surface area contributed by atoms with Gasteiger partial charge in [-0.2, -0.15) is 0 Å². The first-order chi connectivity index (χ1) is 7.75. The van der Waals surface area contributed by atoms with Crippen molar-refractivity contribution in [2.24, 2.45) is 0 Å². The van der Waals surface area contributed by atoms with Crippen LogP contribution in [0.15, 0.2) is 24.3 Å². The highest BCUT2D eigenvalue weighted by Gasteiger charge is 2.23. The maximum absolute atomic E-state index is 9.92. The molecule has 0 heterocycles. The van der Waals surface area contributed by atoms with E-state index in [-0.39, 0.29) is 12.2 Å². The molecule has 0 radical (unpaired) electrons. The number of aliphatic hydroxyl groups is 1. The van der Waals surface area contributed by atoms with Gasteiger partial charge in [-0.3, -0.25) is 0 Å². The first kappa shape index (κ1) is 11.7. The summed E-state index contributed by atoms with van der Waals surface area (Å²) >= 11 is 5.89. The number of hydrogen-bond acceptors (Lipinski definition) is 2. The van der Waals surface area contributed by atoms with E-state index in [9.17, 15) is 5.11 Å². The molecule has 3 heteroatoms. The zero-order valence-electron chi connectivity index (χ0n) is 9.23. The van der Waals surface area contributed by atoms with E-state index in [2.05, 4.69) is 0 Å². The van der Waals surface area contributed by atoms with Gasteiger partial charge in [0.1, 0.15) is 11.9 Å². The number of aliphatic hydroxyl groups excluding tert-OH is 1. The van der Waals surface area contributed by atoms with Crippen molar-refractivity contribution < 1.29 is 9.84 Å². The summed E-state index contributed by atoms with van der Waals surface area (Å²) in [5.41, 5.74) is 0. The van der Waals surface area contributed by atoms with Gasteiger partial charge in [-0.15, -0.1) is 0 Å². The molecule has 16 heavy (non-hydrogen) atoms.